The second-order valence-corrected chi connectivity index (χ2v) is 8.71. The Morgan fingerprint density at radius 1 is 1.18 bits per heavy atom. The van der Waals surface area contributed by atoms with Crippen LogP contribution < -0.4 is 5.32 Å². The van der Waals surface area contributed by atoms with Crippen LogP contribution in [-0.4, -0.2) is 49.0 Å². The van der Waals surface area contributed by atoms with Crippen molar-refractivity contribution < 1.29 is 4.79 Å². The van der Waals surface area contributed by atoms with Gasteiger partial charge in [0.2, 0.25) is 0 Å². The van der Waals surface area contributed by atoms with E-state index in [1.165, 1.54) is 17.1 Å². The Morgan fingerprint density at radius 2 is 1.82 bits per heavy atom. The maximum Gasteiger partial charge on any atom is 0.253 e. The molecule has 1 aromatic carbocycles. The maximum atomic E-state index is 12.6. The number of likely N-dealkylation sites (tertiary alicyclic amines) is 1. The van der Waals surface area contributed by atoms with Gasteiger partial charge in [-0.25, -0.2) is 0 Å². The number of benzene rings is 1. The van der Waals surface area contributed by atoms with Crippen LogP contribution in [0.25, 0.3) is 0 Å². The molecule has 3 nitrogen and oxygen atoms in total. The first-order chi connectivity index (χ1) is 10.8. The lowest BCUT2D eigenvalue weighted by Gasteiger charge is -2.32. The number of nitrogens with one attached hydrogen (secondary N) is 1. The minimum Gasteiger partial charge on any atom is -0.339 e. The van der Waals surface area contributed by atoms with Crippen LogP contribution in [0, 0.1) is 5.92 Å². The summed E-state index contributed by atoms with van der Waals surface area (Å²) in [5.41, 5.74) is 2.18. The molecule has 2 heterocycles. The molecular weight excluding hydrogens is 312 g/mol. The molecule has 0 bridgehead atoms. The third-order valence-corrected chi connectivity index (χ3v) is 7.55. The molecule has 2 aliphatic rings. The zero-order chi connectivity index (χ0) is 15.4. The first-order valence-corrected chi connectivity index (χ1v) is 10.1. The number of piperidine rings is 1. The second-order valence-electron chi connectivity index (χ2n) is 5.99. The number of thioether (sulfide) groups is 2. The van der Waals surface area contributed by atoms with Crippen molar-refractivity contribution in [2.24, 2.45) is 5.92 Å². The van der Waals surface area contributed by atoms with Crippen molar-refractivity contribution in [1.29, 1.82) is 0 Å². The number of carbonyl (C=O) groups is 1. The first kappa shape index (κ1) is 16.2. The van der Waals surface area contributed by atoms with Crippen molar-refractivity contribution in [2.45, 2.75) is 17.4 Å². The Kier molecular flexibility index (Phi) is 5.71. The van der Waals surface area contributed by atoms with Gasteiger partial charge in [0.25, 0.3) is 5.91 Å². The summed E-state index contributed by atoms with van der Waals surface area (Å²) >= 11 is 4.01. The lowest BCUT2D eigenvalue weighted by atomic mass is 9.96. The average Bonchev–Trinajstić information content (AvgIpc) is 3.10. The fourth-order valence-electron chi connectivity index (χ4n) is 3.15. The maximum absolute atomic E-state index is 12.6. The quantitative estimate of drug-likeness (QED) is 0.915. The predicted molar refractivity (Wildman–Crippen MR) is 96.7 cm³/mol. The van der Waals surface area contributed by atoms with Crippen molar-refractivity contribution in [3.05, 3.63) is 35.4 Å². The monoisotopic (exact) mass is 336 g/mol. The highest BCUT2D eigenvalue weighted by molar-refractivity contribution is 8.19. The van der Waals surface area contributed by atoms with Crippen molar-refractivity contribution in [2.75, 3.05) is 38.2 Å². The number of carbonyl (C=O) groups excluding carboxylic acids is 1. The SMILES string of the molecule is CNCC1CCN(C(=O)c2ccc(C3SCCS3)cc2)CC1. The number of hydrogen-bond donors (Lipinski definition) is 1. The van der Waals surface area contributed by atoms with E-state index in [0.717, 1.165) is 38.0 Å². The van der Waals surface area contributed by atoms with Gasteiger partial charge in [-0.15, -0.1) is 23.5 Å². The van der Waals surface area contributed by atoms with Gasteiger partial charge >= 0.3 is 0 Å². The second kappa shape index (κ2) is 7.75. The topological polar surface area (TPSA) is 32.3 Å². The molecule has 0 spiro atoms. The lowest BCUT2D eigenvalue weighted by Crippen LogP contribution is -2.40. The summed E-state index contributed by atoms with van der Waals surface area (Å²) in [7, 11) is 2.00. The highest BCUT2D eigenvalue weighted by Gasteiger charge is 2.24. The van der Waals surface area contributed by atoms with Gasteiger partial charge in [0.15, 0.2) is 0 Å². The molecule has 0 aliphatic carbocycles. The molecule has 0 saturated carbocycles. The predicted octanol–water partition coefficient (Wildman–Crippen LogP) is 3.24. The van der Waals surface area contributed by atoms with Gasteiger partial charge in [0.05, 0.1) is 4.58 Å². The molecule has 0 atom stereocenters. The Hall–Kier alpha value is -0.650. The number of rotatable bonds is 4. The molecule has 2 aliphatic heterocycles. The number of nitrogens with zero attached hydrogens (tertiary/aromatic N) is 1. The Bertz CT molecular complexity index is 492. The fourth-order valence-corrected chi connectivity index (χ4v) is 6.00. The molecule has 0 unspecified atom stereocenters. The molecule has 1 amide bonds. The van der Waals surface area contributed by atoms with Gasteiger partial charge < -0.3 is 10.2 Å². The van der Waals surface area contributed by atoms with Crippen LogP contribution >= 0.6 is 23.5 Å². The van der Waals surface area contributed by atoms with E-state index >= 15 is 0 Å². The van der Waals surface area contributed by atoms with Gasteiger partial charge in [-0.2, -0.15) is 0 Å². The molecule has 2 saturated heterocycles. The molecule has 3 rings (SSSR count). The van der Waals surface area contributed by atoms with E-state index < -0.39 is 0 Å². The highest BCUT2D eigenvalue weighted by atomic mass is 32.2. The van der Waals surface area contributed by atoms with Crippen LogP contribution in [0.2, 0.25) is 0 Å². The minimum atomic E-state index is 0.196. The summed E-state index contributed by atoms with van der Waals surface area (Å²) in [6, 6.07) is 8.29. The summed E-state index contributed by atoms with van der Waals surface area (Å²) in [5, 5.41) is 3.24. The third kappa shape index (κ3) is 3.81. The zero-order valence-corrected chi connectivity index (χ0v) is 14.7. The Balaban J connectivity index is 1.58. The van der Waals surface area contributed by atoms with Crippen molar-refractivity contribution in [1.82, 2.24) is 10.2 Å². The van der Waals surface area contributed by atoms with E-state index in [4.69, 9.17) is 0 Å². The van der Waals surface area contributed by atoms with E-state index in [1.54, 1.807) is 0 Å². The average molecular weight is 337 g/mol. The van der Waals surface area contributed by atoms with Crippen LogP contribution in [0.3, 0.4) is 0 Å². The number of amides is 1. The summed E-state index contributed by atoms with van der Waals surface area (Å²) in [4.78, 5) is 14.6. The summed E-state index contributed by atoms with van der Waals surface area (Å²) in [6.07, 6.45) is 2.22. The molecule has 120 valence electrons. The van der Waals surface area contributed by atoms with E-state index in [-0.39, 0.29) is 5.91 Å². The minimum absolute atomic E-state index is 0.196. The first-order valence-electron chi connectivity index (χ1n) is 8.05. The normalized spacial score (nSPS) is 20.5. The molecule has 1 N–H and O–H groups in total. The van der Waals surface area contributed by atoms with E-state index in [1.807, 2.05) is 47.6 Å². The van der Waals surface area contributed by atoms with Crippen molar-refractivity contribution in [3.63, 3.8) is 0 Å². The van der Waals surface area contributed by atoms with Gasteiger partial charge in [0, 0.05) is 30.2 Å². The van der Waals surface area contributed by atoms with Gasteiger partial charge in [-0.1, -0.05) is 12.1 Å². The van der Waals surface area contributed by atoms with Crippen LogP contribution in [0.4, 0.5) is 0 Å². The highest BCUT2D eigenvalue weighted by Crippen LogP contribution is 2.45. The van der Waals surface area contributed by atoms with Gasteiger partial charge in [-0.3, -0.25) is 4.79 Å². The fraction of sp³-hybridized carbons (Fsp3) is 0.588. The Labute approximate surface area is 141 Å². The van der Waals surface area contributed by atoms with Gasteiger partial charge in [0.1, 0.15) is 0 Å². The number of hydrogen-bond acceptors (Lipinski definition) is 4. The smallest absolute Gasteiger partial charge is 0.253 e. The lowest BCUT2D eigenvalue weighted by molar-refractivity contribution is 0.0691. The van der Waals surface area contributed by atoms with Crippen molar-refractivity contribution in [3.8, 4) is 0 Å². The van der Waals surface area contributed by atoms with E-state index in [9.17, 15) is 4.79 Å². The standard InChI is InChI=1S/C17H24N2OS2/c1-18-12-13-6-8-19(9-7-13)16(20)14-2-4-15(5-3-14)17-21-10-11-22-17/h2-5,13,17-18H,6-12H2,1H3. The van der Waals surface area contributed by atoms with E-state index in [0.29, 0.717) is 10.5 Å². The largest absolute Gasteiger partial charge is 0.339 e. The van der Waals surface area contributed by atoms with Gasteiger partial charge in [-0.05, 0) is 50.0 Å². The third-order valence-electron chi connectivity index (χ3n) is 4.45. The summed E-state index contributed by atoms with van der Waals surface area (Å²) in [5.74, 6) is 3.38. The molecule has 22 heavy (non-hydrogen) atoms. The summed E-state index contributed by atoms with van der Waals surface area (Å²) < 4.78 is 0.557. The molecule has 0 radical (unpaired) electrons. The van der Waals surface area contributed by atoms with Crippen LogP contribution in [0.15, 0.2) is 24.3 Å². The van der Waals surface area contributed by atoms with Crippen LogP contribution in [-0.2, 0) is 0 Å². The Morgan fingerprint density at radius 3 is 2.41 bits per heavy atom. The van der Waals surface area contributed by atoms with E-state index in [2.05, 4.69) is 17.4 Å². The molecule has 0 aromatic heterocycles. The van der Waals surface area contributed by atoms with Crippen LogP contribution in [0.1, 0.15) is 33.3 Å². The molecule has 5 heteroatoms. The van der Waals surface area contributed by atoms with Crippen molar-refractivity contribution >= 4 is 29.4 Å². The molecule has 2 fully saturated rings. The molecule has 1 aromatic rings. The summed E-state index contributed by atoms with van der Waals surface area (Å²) in [6.45, 7) is 2.84. The molecular formula is C17H24N2OS2. The van der Waals surface area contributed by atoms with Crippen LogP contribution in [0.5, 0.6) is 0 Å². The zero-order valence-electron chi connectivity index (χ0n) is 13.1.